The average Bonchev–Trinajstić information content (AvgIpc) is 3.29. The second-order valence-corrected chi connectivity index (χ2v) is 11.5. The highest BCUT2D eigenvalue weighted by Gasteiger charge is 2.13. The number of anilines is 1. The van der Waals surface area contributed by atoms with Crippen molar-refractivity contribution >= 4 is 32.4 Å². The van der Waals surface area contributed by atoms with E-state index in [9.17, 15) is 9.00 Å². The summed E-state index contributed by atoms with van der Waals surface area (Å²) in [6.07, 6.45) is 8.34. The van der Waals surface area contributed by atoms with E-state index in [4.69, 9.17) is 4.74 Å². The van der Waals surface area contributed by atoms with Crippen LogP contribution in [0.3, 0.4) is 0 Å². The summed E-state index contributed by atoms with van der Waals surface area (Å²) in [5.74, 6) is 0.669. The summed E-state index contributed by atoms with van der Waals surface area (Å²) in [5, 5.41) is 8.14. The summed E-state index contributed by atoms with van der Waals surface area (Å²) >= 11 is 0. The number of nitrogens with one attached hydrogen (secondary N) is 1. The fourth-order valence-corrected chi connectivity index (χ4v) is 4.50. The Morgan fingerprint density at radius 1 is 1.03 bits per heavy atom. The van der Waals surface area contributed by atoms with Crippen molar-refractivity contribution in [1.29, 1.82) is 0 Å². The number of carbonyl (C=O) groups is 1. The Balaban J connectivity index is 1.36. The van der Waals surface area contributed by atoms with Gasteiger partial charge in [-0.15, -0.1) is 4.36 Å². The monoisotopic (exact) mass is 526 g/mol. The minimum Gasteiger partial charge on any atom is -0.487 e. The third-order valence-electron chi connectivity index (χ3n) is 5.65. The first-order valence-corrected chi connectivity index (χ1v) is 14.1. The van der Waals surface area contributed by atoms with Crippen LogP contribution in [-0.2, 0) is 23.4 Å². The highest BCUT2D eigenvalue weighted by atomic mass is 32.2. The van der Waals surface area contributed by atoms with Crippen LogP contribution in [-0.4, -0.2) is 42.5 Å². The highest BCUT2D eigenvalue weighted by molar-refractivity contribution is 7.92. The number of aromatic nitrogens is 4. The molecule has 1 N–H and O–H groups in total. The Hall–Kier alpha value is -4.57. The zero-order chi connectivity index (χ0) is 26.7. The van der Waals surface area contributed by atoms with Crippen LogP contribution in [0, 0.1) is 0 Å². The van der Waals surface area contributed by atoms with Gasteiger partial charge in [0.25, 0.3) is 0 Å². The van der Waals surface area contributed by atoms with Gasteiger partial charge in [0.05, 0.1) is 26.6 Å². The van der Waals surface area contributed by atoms with Crippen LogP contribution >= 0.6 is 0 Å². The van der Waals surface area contributed by atoms with E-state index in [1.165, 1.54) is 12.5 Å². The van der Waals surface area contributed by atoms with Gasteiger partial charge in [-0.1, -0.05) is 18.2 Å². The lowest BCUT2D eigenvalue weighted by Gasteiger charge is -2.11. The number of para-hydroxylation sites is 1. The van der Waals surface area contributed by atoms with Gasteiger partial charge in [0.1, 0.15) is 18.1 Å². The first-order valence-electron chi connectivity index (χ1n) is 11.8. The van der Waals surface area contributed by atoms with E-state index in [0.717, 1.165) is 27.8 Å². The van der Waals surface area contributed by atoms with E-state index in [2.05, 4.69) is 24.7 Å². The predicted octanol–water partition coefficient (Wildman–Crippen LogP) is 5.54. The summed E-state index contributed by atoms with van der Waals surface area (Å²) in [4.78, 5) is 21.1. The average molecular weight is 527 g/mol. The van der Waals surface area contributed by atoms with Gasteiger partial charge in [0.15, 0.2) is 0 Å². The van der Waals surface area contributed by atoms with E-state index >= 15 is 0 Å². The predicted molar refractivity (Wildman–Crippen MR) is 149 cm³/mol. The fourth-order valence-electron chi connectivity index (χ4n) is 4.06. The zero-order valence-electron chi connectivity index (χ0n) is 21.2. The molecule has 0 radical (unpaired) electrons. The van der Waals surface area contributed by atoms with Crippen LogP contribution in [0.5, 0.6) is 5.75 Å². The number of fused-ring (bicyclic) bond motifs is 1. The number of ether oxygens (including phenoxy) is 1. The molecular formula is C28H26N6O3S. The van der Waals surface area contributed by atoms with Crippen molar-refractivity contribution < 1.29 is 13.7 Å². The topological polar surface area (TPSA) is 111 Å². The van der Waals surface area contributed by atoms with Crippen LogP contribution in [0.4, 0.5) is 10.5 Å². The Morgan fingerprint density at radius 2 is 1.76 bits per heavy atom. The summed E-state index contributed by atoms with van der Waals surface area (Å²) in [6, 6.07) is 20.2. The second kappa shape index (κ2) is 10.4. The van der Waals surface area contributed by atoms with Gasteiger partial charge in [-0.3, -0.25) is 9.67 Å². The molecule has 0 saturated carbocycles. The quantitative estimate of drug-likeness (QED) is 0.311. The molecule has 5 aromatic rings. The Morgan fingerprint density at radius 3 is 2.50 bits per heavy atom. The second-order valence-electron chi connectivity index (χ2n) is 8.99. The number of rotatable bonds is 6. The molecule has 38 heavy (non-hydrogen) atoms. The number of aryl methyl sites for hydroxylation is 1. The maximum Gasteiger partial charge on any atom is 0.353 e. The van der Waals surface area contributed by atoms with Crippen LogP contribution in [0.25, 0.3) is 33.3 Å². The molecule has 10 heteroatoms. The summed E-state index contributed by atoms with van der Waals surface area (Å²) in [7, 11) is -0.681. The van der Waals surface area contributed by atoms with Crippen LogP contribution in [0.1, 0.15) is 5.69 Å². The van der Waals surface area contributed by atoms with E-state index < -0.39 is 15.8 Å². The molecule has 2 amide bonds. The number of pyridine rings is 2. The van der Waals surface area contributed by atoms with Gasteiger partial charge in [0.2, 0.25) is 0 Å². The zero-order valence-corrected chi connectivity index (χ0v) is 22.0. The number of benzene rings is 2. The minimum atomic E-state index is -2.58. The van der Waals surface area contributed by atoms with E-state index in [1.54, 1.807) is 23.1 Å². The lowest BCUT2D eigenvalue weighted by molar-refractivity contribution is 0.260. The van der Waals surface area contributed by atoms with E-state index in [0.29, 0.717) is 22.6 Å². The van der Waals surface area contributed by atoms with Crippen molar-refractivity contribution in [1.82, 2.24) is 19.7 Å². The fraction of sp³-hybridized carbons (Fsp3) is 0.143. The third kappa shape index (κ3) is 5.87. The smallest absolute Gasteiger partial charge is 0.353 e. The standard InChI is InChI=1S/C28H26N6O3S/c1-34-17-24(19-12-14-29-15-13-19)27(32-34)20-8-10-22(11-9-20)37-18-21-16-26(31-28(35)33-38(2,3)36)23-6-4-5-7-25(23)30-21/h4-17H,18H2,1-3H3,(H,30,31,35). The Kier molecular flexibility index (Phi) is 6.89. The maximum atomic E-state index is 12.3. The number of hydrogen-bond donors (Lipinski definition) is 1. The van der Waals surface area contributed by atoms with Gasteiger partial charge in [0, 0.05) is 54.7 Å². The molecule has 0 aliphatic carbocycles. The number of nitrogens with zero attached hydrogens (tertiary/aromatic N) is 5. The molecule has 3 heterocycles. The summed E-state index contributed by atoms with van der Waals surface area (Å²) < 4.78 is 23.4. The molecule has 0 unspecified atom stereocenters. The molecule has 0 aliphatic heterocycles. The van der Waals surface area contributed by atoms with Gasteiger partial charge in [-0.05, 0) is 54.1 Å². The number of amides is 2. The highest BCUT2D eigenvalue weighted by Crippen LogP contribution is 2.31. The molecule has 192 valence electrons. The molecule has 3 aromatic heterocycles. The van der Waals surface area contributed by atoms with Crippen molar-refractivity contribution in [3.05, 3.63) is 91.0 Å². The molecule has 0 bridgehead atoms. The number of carbonyl (C=O) groups excluding carboxylic acids is 1. The van der Waals surface area contributed by atoms with E-state index in [-0.39, 0.29) is 6.61 Å². The maximum absolute atomic E-state index is 12.3. The van der Waals surface area contributed by atoms with Gasteiger partial charge < -0.3 is 10.1 Å². The number of hydrogen-bond acceptors (Lipinski definition) is 6. The lowest BCUT2D eigenvalue weighted by Crippen LogP contribution is -2.11. The normalized spacial score (nSPS) is 11.3. The lowest BCUT2D eigenvalue weighted by atomic mass is 10.0. The van der Waals surface area contributed by atoms with Crippen molar-refractivity contribution in [3.63, 3.8) is 0 Å². The van der Waals surface area contributed by atoms with Crippen molar-refractivity contribution in [2.45, 2.75) is 6.61 Å². The largest absolute Gasteiger partial charge is 0.487 e. The Bertz CT molecular complexity index is 1730. The van der Waals surface area contributed by atoms with Crippen molar-refractivity contribution in [2.75, 3.05) is 17.8 Å². The van der Waals surface area contributed by atoms with E-state index in [1.807, 2.05) is 73.9 Å². The molecule has 0 aliphatic rings. The molecular weight excluding hydrogens is 500 g/mol. The summed E-state index contributed by atoms with van der Waals surface area (Å²) in [6.45, 7) is 0.189. The van der Waals surface area contributed by atoms with Gasteiger partial charge >= 0.3 is 6.03 Å². The molecule has 0 saturated heterocycles. The third-order valence-corrected chi connectivity index (χ3v) is 6.25. The Labute approximate surface area is 220 Å². The molecule has 5 rings (SSSR count). The van der Waals surface area contributed by atoms with Gasteiger partial charge in [-0.25, -0.2) is 14.0 Å². The SMILES string of the molecule is Cn1cc(-c2ccncc2)c(-c2ccc(OCc3cc(NC(=O)N=S(C)(C)=O)c4ccccc4n3)cc2)n1. The molecule has 0 spiro atoms. The first kappa shape index (κ1) is 25.1. The molecule has 0 atom stereocenters. The van der Waals surface area contributed by atoms with Crippen molar-refractivity contribution in [2.24, 2.45) is 11.4 Å². The molecule has 2 aromatic carbocycles. The minimum absolute atomic E-state index is 0.189. The van der Waals surface area contributed by atoms with Crippen LogP contribution < -0.4 is 10.1 Å². The van der Waals surface area contributed by atoms with Gasteiger partial charge in [-0.2, -0.15) is 5.10 Å². The van der Waals surface area contributed by atoms with Crippen molar-refractivity contribution in [3.8, 4) is 28.1 Å². The summed E-state index contributed by atoms with van der Waals surface area (Å²) in [5.41, 5.74) is 5.75. The number of urea groups is 1. The van der Waals surface area contributed by atoms with Crippen LogP contribution in [0.15, 0.2) is 89.7 Å². The molecule has 9 nitrogen and oxygen atoms in total. The van der Waals surface area contributed by atoms with Crippen LogP contribution in [0.2, 0.25) is 0 Å². The molecule has 0 fully saturated rings. The first-order chi connectivity index (χ1) is 18.2.